The van der Waals surface area contributed by atoms with Gasteiger partial charge in [-0.1, -0.05) is 6.08 Å². The fourth-order valence-corrected chi connectivity index (χ4v) is 0.783. The predicted molar refractivity (Wildman–Crippen MR) is 39.8 cm³/mol. The Bertz CT molecular complexity index is 206. The minimum absolute atomic E-state index is 0.295. The lowest BCUT2D eigenvalue weighted by Crippen LogP contribution is -2.18. The summed E-state index contributed by atoms with van der Waals surface area (Å²) in [6.45, 7) is 1.99. The van der Waals surface area contributed by atoms with Gasteiger partial charge >= 0.3 is 0 Å². The summed E-state index contributed by atoms with van der Waals surface area (Å²) in [5.41, 5.74) is 5.54. The lowest BCUT2D eigenvalue weighted by Gasteiger charge is -2.07. The van der Waals surface area contributed by atoms with Crippen LogP contribution in [0.25, 0.3) is 0 Å². The molecule has 0 saturated heterocycles. The molecule has 0 aromatic rings. The molecule has 0 aromatic carbocycles. The third-order valence-electron chi connectivity index (χ3n) is 1.43. The van der Waals surface area contributed by atoms with Crippen molar-refractivity contribution < 1.29 is 4.79 Å². The zero-order valence-electron chi connectivity index (χ0n) is 5.87. The van der Waals surface area contributed by atoms with E-state index in [1.165, 1.54) is 6.21 Å². The van der Waals surface area contributed by atoms with Crippen molar-refractivity contribution in [2.45, 2.75) is 19.4 Å². The van der Waals surface area contributed by atoms with E-state index in [0.717, 1.165) is 6.42 Å². The zero-order chi connectivity index (χ0) is 7.56. The molecule has 0 spiro atoms. The van der Waals surface area contributed by atoms with E-state index in [0.29, 0.717) is 11.6 Å². The highest BCUT2D eigenvalue weighted by Gasteiger charge is 2.07. The molecule has 0 saturated carbocycles. The number of primary amides is 1. The number of hydrogen-bond donors (Lipinski definition) is 1. The van der Waals surface area contributed by atoms with Crippen LogP contribution in [0, 0.1) is 0 Å². The second kappa shape index (κ2) is 2.64. The number of carbonyl (C=O) groups is 1. The predicted octanol–water partition coefficient (Wildman–Crippen LogP) is 0.261. The van der Waals surface area contributed by atoms with Crippen molar-refractivity contribution in [1.82, 2.24) is 0 Å². The lowest BCUT2D eigenvalue weighted by atomic mass is 10.1. The highest BCUT2D eigenvalue weighted by Crippen LogP contribution is 2.06. The largest absolute Gasteiger partial charge is 0.366 e. The molecule has 54 valence electrons. The number of hydrogen-bond acceptors (Lipinski definition) is 2. The normalized spacial score (nSPS) is 24.1. The van der Waals surface area contributed by atoms with E-state index in [1.807, 2.05) is 13.0 Å². The van der Waals surface area contributed by atoms with Crippen molar-refractivity contribution in [3.05, 3.63) is 11.6 Å². The highest BCUT2D eigenvalue weighted by molar-refractivity contribution is 6.11. The second-order valence-electron chi connectivity index (χ2n) is 2.39. The van der Waals surface area contributed by atoms with Crippen molar-refractivity contribution in [2.75, 3.05) is 0 Å². The van der Waals surface area contributed by atoms with Gasteiger partial charge in [-0.25, -0.2) is 0 Å². The van der Waals surface area contributed by atoms with Gasteiger partial charge in [0.25, 0.3) is 0 Å². The number of amides is 1. The van der Waals surface area contributed by atoms with Gasteiger partial charge in [-0.2, -0.15) is 0 Å². The summed E-state index contributed by atoms with van der Waals surface area (Å²) in [6, 6.07) is 0.295. The van der Waals surface area contributed by atoms with Crippen LogP contribution in [-0.4, -0.2) is 18.2 Å². The van der Waals surface area contributed by atoms with Crippen LogP contribution in [0.4, 0.5) is 0 Å². The van der Waals surface area contributed by atoms with Crippen LogP contribution in [0.1, 0.15) is 13.3 Å². The number of nitrogens with zero attached hydrogens (tertiary/aromatic N) is 1. The van der Waals surface area contributed by atoms with Gasteiger partial charge in [-0.15, -0.1) is 0 Å². The smallest absolute Gasteiger partial charge is 0.249 e. The quantitative estimate of drug-likeness (QED) is 0.555. The minimum Gasteiger partial charge on any atom is -0.366 e. The standard InChI is InChI=1S/C7H10N2O/c1-5-2-3-6(4-9-5)7(8)10/h3-5H,2H2,1H3,(H2,8,10). The van der Waals surface area contributed by atoms with Gasteiger partial charge in [-0.05, 0) is 13.3 Å². The topological polar surface area (TPSA) is 55.5 Å². The van der Waals surface area contributed by atoms with Crippen molar-refractivity contribution in [2.24, 2.45) is 10.7 Å². The molecule has 1 unspecified atom stereocenters. The van der Waals surface area contributed by atoms with Gasteiger partial charge < -0.3 is 5.73 Å². The SMILES string of the molecule is CC1CC=C(C(N)=O)C=N1. The monoisotopic (exact) mass is 138 g/mol. The highest BCUT2D eigenvalue weighted by atomic mass is 16.1. The summed E-state index contributed by atoms with van der Waals surface area (Å²) in [5.74, 6) is -0.393. The Morgan fingerprint density at radius 3 is 3.00 bits per heavy atom. The molecule has 1 aliphatic rings. The van der Waals surface area contributed by atoms with E-state index >= 15 is 0 Å². The number of carbonyl (C=O) groups excluding carboxylic acids is 1. The lowest BCUT2D eigenvalue weighted by molar-refractivity contribution is -0.114. The molecule has 0 aromatic heterocycles. The molecular formula is C7H10N2O. The first-order chi connectivity index (χ1) is 4.70. The first-order valence-electron chi connectivity index (χ1n) is 3.23. The van der Waals surface area contributed by atoms with E-state index < -0.39 is 5.91 Å². The first kappa shape index (κ1) is 6.99. The van der Waals surface area contributed by atoms with E-state index in [9.17, 15) is 4.79 Å². The number of aliphatic imine (C=N–C) groups is 1. The maximum atomic E-state index is 10.5. The third kappa shape index (κ3) is 1.43. The molecule has 0 bridgehead atoms. The van der Waals surface area contributed by atoms with E-state index in [4.69, 9.17) is 5.73 Å². The Balaban J connectivity index is 2.67. The Morgan fingerprint density at radius 1 is 1.90 bits per heavy atom. The summed E-state index contributed by atoms with van der Waals surface area (Å²) in [7, 11) is 0. The van der Waals surface area contributed by atoms with E-state index in [-0.39, 0.29) is 0 Å². The maximum absolute atomic E-state index is 10.5. The van der Waals surface area contributed by atoms with Crippen molar-refractivity contribution in [1.29, 1.82) is 0 Å². The van der Waals surface area contributed by atoms with Gasteiger partial charge in [0.15, 0.2) is 0 Å². The molecular weight excluding hydrogens is 128 g/mol. The Kier molecular flexibility index (Phi) is 1.85. The molecule has 3 nitrogen and oxygen atoms in total. The van der Waals surface area contributed by atoms with Crippen molar-refractivity contribution >= 4 is 12.1 Å². The summed E-state index contributed by atoms with van der Waals surface area (Å²) in [4.78, 5) is 14.6. The number of dihydropyridines is 1. The number of nitrogens with two attached hydrogens (primary N) is 1. The molecule has 2 N–H and O–H groups in total. The van der Waals surface area contributed by atoms with Gasteiger partial charge in [0.1, 0.15) is 0 Å². The fraction of sp³-hybridized carbons (Fsp3) is 0.429. The molecule has 1 heterocycles. The summed E-state index contributed by atoms with van der Waals surface area (Å²) in [6.07, 6.45) is 4.17. The van der Waals surface area contributed by atoms with Crippen LogP contribution in [-0.2, 0) is 4.79 Å². The average Bonchev–Trinajstić information content (AvgIpc) is 1.88. The van der Waals surface area contributed by atoms with E-state index in [2.05, 4.69) is 4.99 Å². The molecule has 3 heteroatoms. The van der Waals surface area contributed by atoms with Gasteiger partial charge in [-0.3, -0.25) is 9.79 Å². The average molecular weight is 138 g/mol. The van der Waals surface area contributed by atoms with Crippen LogP contribution in [0.15, 0.2) is 16.6 Å². The second-order valence-corrected chi connectivity index (χ2v) is 2.39. The van der Waals surface area contributed by atoms with Crippen LogP contribution < -0.4 is 5.73 Å². The van der Waals surface area contributed by atoms with Crippen LogP contribution in [0.3, 0.4) is 0 Å². The van der Waals surface area contributed by atoms with Crippen LogP contribution in [0.5, 0.6) is 0 Å². The van der Waals surface area contributed by atoms with Crippen LogP contribution >= 0.6 is 0 Å². The van der Waals surface area contributed by atoms with Crippen LogP contribution in [0.2, 0.25) is 0 Å². The van der Waals surface area contributed by atoms with Gasteiger partial charge in [0.2, 0.25) is 5.91 Å². The summed E-state index contributed by atoms with van der Waals surface area (Å²) in [5, 5.41) is 0. The van der Waals surface area contributed by atoms with Gasteiger partial charge in [0.05, 0.1) is 11.6 Å². The van der Waals surface area contributed by atoms with Crippen molar-refractivity contribution in [3.8, 4) is 0 Å². The Labute approximate surface area is 59.6 Å². The minimum atomic E-state index is -0.393. The number of rotatable bonds is 1. The summed E-state index contributed by atoms with van der Waals surface area (Å²) < 4.78 is 0. The molecule has 1 rings (SSSR count). The van der Waals surface area contributed by atoms with E-state index in [1.54, 1.807) is 0 Å². The molecule has 1 aliphatic heterocycles. The summed E-state index contributed by atoms with van der Waals surface area (Å²) >= 11 is 0. The zero-order valence-corrected chi connectivity index (χ0v) is 5.87. The Hall–Kier alpha value is -1.12. The fourth-order valence-electron chi connectivity index (χ4n) is 0.783. The maximum Gasteiger partial charge on any atom is 0.249 e. The molecule has 0 aliphatic carbocycles. The first-order valence-corrected chi connectivity index (χ1v) is 3.23. The Morgan fingerprint density at radius 2 is 2.60 bits per heavy atom. The van der Waals surface area contributed by atoms with Gasteiger partial charge in [0, 0.05) is 6.21 Å². The third-order valence-corrected chi connectivity index (χ3v) is 1.43. The van der Waals surface area contributed by atoms with Crippen molar-refractivity contribution in [3.63, 3.8) is 0 Å². The molecule has 0 radical (unpaired) electrons. The molecule has 1 amide bonds. The molecule has 10 heavy (non-hydrogen) atoms. The molecule has 0 fully saturated rings. The molecule has 1 atom stereocenters.